The summed E-state index contributed by atoms with van der Waals surface area (Å²) >= 11 is 0. The lowest BCUT2D eigenvalue weighted by Gasteiger charge is -2.28. The van der Waals surface area contributed by atoms with Gasteiger partial charge in [0, 0.05) is 6.20 Å². The molecule has 1 saturated heterocycles. The summed E-state index contributed by atoms with van der Waals surface area (Å²) in [5.41, 5.74) is 0.721. The summed E-state index contributed by atoms with van der Waals surface area (Å²) in [6.45, 7) is 4.67. The van der Waals surface area contributed by atoms with E-state index in [0.29, 0.717) is 17.8 Å². The van der Waals surface area contributed by atoms with Crippen LogP contribution in [0, 0.1) is 0 Å². The van der Waals surface area contributed by atoms with E-state index < -0.39 is 0 Å². The number of ether oxygens (including phenoxy) is 1. The number of carbonyl (C=O) groups excluding carboxylic acids is 1. The third-order valence-electron chi connectivity index (χ3n) is 3.03. The minimum Gasteiger partial charge on any atom is -0.359 e. The SMILES string of the molecule is CC1(C)COCN1C(=O)n1nnc2cccnc21. The highest BCUT2D eigenvalue weighted by Gasteiger charge is 2.38. The molecule has 0 aliphatic carbocycles. The smallest absolute Gasteiger partial charge is 0.350 e. The maximum absolute atomic E-state index is 12.4. The number of fused-ring (bicyclic) bond motifs is 1. The zero-order valence-electron chi connectivity index (χ0n) is 10.2. The van der Waals surface area contributed by atoms with Crippen molar-refractivity contribution < 1.29 is 9.53 Å². The van der Waals surface area contributed by atoms with E-state index in [0.717, 1.165) is 0 Å². The molecule has 2 aromatic heterocycles. The van der Waals surface area contributed by atoms with Crippen LogP contribution in [-0.2, 0) is 4.74 Å². The van der Waals surface area contributed by atoms with E-state index in [2.05, 4.69) is 15.3 Å². The van der Waals surface area contributed by atoms with E-state index >= 15 is 0 Å². The first kappa shape index (κ1) is 11.1. The topological polar surface area (TPSA) is 73.1 Å². The monoisotopic (exact) mass is 247 g/mol. The summed E-state index contributed by atoms with van der Waals surface area (Å²) in [5.74, 6) is 0. The van der Waals surface area contributed by atoms with Crippen LogP contribution in [0.25, 0.3) is 11.2 Å². The molecular formula is C11H13N5O2. The Morgan fingerprint density at radius 1 is 1.50 bits per heavy atom. The van der Waals surface area contributed by atoms with E-state index in [4.69, 9.17) is 4.74 Å². The Kier molecular flexibility index (Phi) is 2.30. The van der Waals surface area contributed by atoms with Crippen LogP contribution in [0.5, 0.6) is 0 Å². The molecule has 0 radical (unpaired) electrons. The van der Waals surface area contributed by atoms with E-state index in [9.17, 15) is 4.79 Å². The maximum Gasteiger partial charge on any atom is 0.350 e. The van der Waals surface area contributed by atoms with Gasteiger partial charge in [-0.15, -0.1) is 9.78 Å². The molecule has 0 saturated carbocycles. The highest BCUT2D eigenvalue weighted by molar-refractivity contribution is 5.85. The Morgan fingerprint density at radius 3 is 3.06 bits per heavy atom. The van der Waals surface area contributed by atoms with Gasteiger partial charge in [0.25, 0.3) is 0 Å². The van der Waals surface area contributed by atoms with E-state index in [1.807, 2.05) is 13.8 Å². The molecular weight excluding hydrogens is 234 g/mol. The van der Waals surface area contributed by atoms with Crippen molar-refractivity contribution in [1.82, 2.24) is 24.9 Å². The second-order valence-corrected chi connectivity index (χ2v) is 4.85. The van der Waals surface area contributed by atoms with Crippen LogP contribution in [0.2, 0.25) is 0 Å². The lowest BCUT2D eigenvalue weighted by Crippen LogP contribution is -2.46. The van der Waals surface area contributed by atoms with Crippen molar-refractivity contribution in [2.24, 2.45) is 0 Å². The molecule has 0 spiro atoms. The molecule has 3 heterocycles. The van der Waals surface area contributed by atoms with E-state index in [-0.39, 0.29) is 18.3 Å². The van der Waals surface area contributed by atoms with E-state index in [1.54, 1.807) is 23.2 Å². The molecule has 7 heteroatoms. The fourth-order valence-electron chi connectivity index (χ4n) is 1.96. The van der Waals surface area contributed by atoms with E-state index in [1.165, 1.54) is 4.68 Å². The highest BCUT2D eigenvalue weighted by Crippen LogP contribution is 2.22. The average molecular weight is 247 g/mol. The third kappa shape index (κ3) is 1.55. The Bertz CT molecular complexity index is 606. The van der Waals surface area contributed by atoms with Gasteiger partial charge in [0.05, 0.1) is 12.1 Å². The molecule has 0 atom stereocenters. The normalized spacial score (nSPS) is 18.4. The van der Waals surface area contributed by atoms with Crippen molar-refractivity contribution in [2.45, 2.75) is 19.4 Å². The van der Waals surface area contributed by atoms with Crippen LogP contribution >= 0.6 is 0 Å². The second-order valence-electron chi connectivity index (χ2n) is 4.85. The number of aromatic nitrogens is 4. The number of carbonyl (C=O) groups is 1. The molecule has 0 unspecified atom stereocenters. The van der Waals surface area contributed by atoms with Gasteiger partial charge in [-0.25, -0.2) is 9.78 Å². The van der Waals surface area contributed by atoms with Gasteiger partial charge in [0.2, 0.25) is 0 Å². The number of hydrogen-bond donors (Lipinski definition) is 0. The van der Waals surface area contributed by atoms with Crippen LogP contribution in [-0.4, -0.2) is 49.8 Å². The van der Waals surface area contributed by atoms with Crippen LogP contribution in [0.3, 0.4) is 0 Å². The molecule has 18 heavy (non-hydrogen) atoms. The lowest BCUT2D eigenvalue weighted by molar-refractivity contribution is 0.138. The van der Waals surface area contributed by atoms with Crippen molar-refractivity contribution in [3.8, 4) is 0 Å². The van der Waals surface area contributed by atoms with Gasteiger partial charge in [-0.2, -0.15) is 0 Å². The highest BCUT2D eigenvalue weighted by atomic mass is 16.5. The number of hydrogen-bond acceptors (Lipinski definition) is 5. The molecule has 0 aromatic carbocycles. The molecule has 1 aliphatic rings. The van der Waals surface area contributed by atoms with Crippen molar-refractivity contribution in [3.63, 3.8) is 0 Å². The molecule has 1 fully saturated rings. The van der Waals surface area contributed by atoms with Crippen LogP contribution in [0.4, 0.5) is 4.79 Å². The first-order chi connectivity index (χ1) is 8.59. The van der Waals surface area contributed by atoms with Crippen LogP contribution in [0.1, 0.15) is 13.8 Å². The van der Waals surface area contributed by atoms with Crippen molar-refractivity contribution in [2.75, 3.05) is 13.3 Å². The summed E-state index contributed by atoms with van der Waals surface area (Å²) in [6.07, 6.45) is 1.61. The lowest BCUT2D eigenvalue weighted by atomic mass is 10.1. The number of rotatable bonds is 0. The molecule has 0 N–H and O–H groups in total. The predicted octanol–water partition coefficient (Wildman–Crippen LogP) is 0.863. The summed E-state index contributed by atoms with van der Waals surface area (Å²) in [6, 6.07) is 3.26. The molecule has 2 aromatic rings. The number of pyridine rings is 1. The van der Waals surface area contributed by atoms with Gasteiger partial charge in [0.15, 0.2) is 5.65 Å². The molecule has 0 bridgehead atoms. The molecule has 3 rings (SSSR count). The van der Waals surface area contributed by atoms with Crippen molar-refractivity contribution >= 4 is 17.2 Å². The zero-order valence-corrected chi connectivity index (χ0v) is 10.2. The van der Waals surface area contributed by atoms with Gasteiger partial charge in [0.1, 0.15) is 12.2 Å². The summed E-state index contributed by atoms with van der Waals surface area (Å²) < 4.78 is 6.54. The zero-order chi connectivity index (χ0) is 12.8. The van der Waals surface area contributed by atoms with Gasteiger partial charge >= 0.3 is 6.03 Å². The number of nitrogens with zero attached hydrogens (tertiary/aromatic N) is 5. The van der Waals surface area contributed by atoms with Crippen LogP contribution in [0.15, 0.2) is 18.3 Å². The van der Waals surface area contributed by atoms with Crippen molar-refractivity contribution in [1.29, 1.82) is 0 Å². The second kappa shape index (κ2) is 3.74. The fourth-order valence-corrected chi connectivity index (χ4v) is 1.96. The fraction of sp³-hybridized carbons (Fsp3) is 0.455. The van der Waals surface area contributed by atoms with Gasteiger partial charge < -0.3 is 4.74 Å². The van der Waals surface area contributed by atoms with Gasteiger partial charge in [-0.05, 0) is 26.0 Å². The van der Waals surface area contributed by atoms with Crippen molar-refractivity contribution in [3.05, 3.63) is 18.3 Å². The molecule has 7 nitrogen and oxygen atoms in total. The van der Waals surface area contributed by atoms with Crippen LogP contribution < -0.4 is 0 Å². The quantitative estimate of drug-likeness (QED) is 0.690. The average Bonchev–Trinajstić information content (AvgIpc) is 2.91. The Balaban J connectivity index is 2.02. The first-order valence-electron chi connectivity index (χ1n) is 5.66. The summed E-state index contributed by atoms with van der Waals surface area (Å²) in [4.78, 5) is 18.2. The van der Waals surface area contributed by atoms with Gasteiger partial charge in [-0.1, -0.05) is 5.21 Å². The molecule has 94 valence electrons. The Morgan fingerprint density at radius 2 is 2.33 bits per heavy atom. The summed E-state index contributed by atoms with van der Waals surface area (Å²) in [5, 5.41) is 7.78. The first-order valence-corrected chi connectivity index (χ1v) is 5.66. The molecule has 1 aliphatic heterocycles. The number of amides is 1. The minimum atomic E-state index is -0.343. The Hall–Kier alpha value is -2.02. The Labute approximate surface area is 103 Å². The minimum absolute atomic E-state index is 0.264. The summed E-state index contributed by atoms with van der Waals surface area (Å²) in [7, 11) is 0. The maximum atomic E-state index is 12.4. The largest absolute Gasteiger partial charge is 0.359 e. The van der Waals surface area contributed by atoms with Gasteiger partial charge in [-0.3, -0.25) is 4.90 Å². The standard InChI is InChI=1S/C11H13N5O2/c1-11(2)6-18-7-15(11)10(17)16-9-8(13-14-16)4-3-5-12-9/h3-5H,6-7H2,1-2H3. The molecule has 1 amide bonds. The predicted molar refractivity (Wildman–Crippen MR) is 62.9 cm³/mol. The third-order valence-corrected chi connectivity index (χ3v) is 3.03.